The maximum Gasteiger partial charge on any atom is 0.312 e. The summed E-state index contributed by atoms with van der Waals surface area (Å²) in [5.74, 6) is 0.175. The van der Waals surface area contributed by atoms with Crippen LogP contribution in [0.3, 0.4) is 0 Å². The summed E-state index contributed by atoms with van der Waals surface area (Å²) in [6, 6.07) is 12.3. The highest BCUT2D eigenvalue weighted by Crippen LogP contribution is 2.25. The second-order valence-electron chi connectivity index (χ2n) is 4.38. The molecule has 0 N–H and O–H groups in total. The molecule has 5 heteroatoms. The number of pyridine rings is 1. The van der Waals surface area contributed by atoms with Crippen LogP contribution in [0.5, 0.6) is 11.6 Å². The zero-order valence-corrected chi connectivity index (χ0v) is 11.7. The molecule has 0 radical (unpaired) electrons. The Bertz CT molecular complexity index is 675. The van der Waals surface area contributed by atoms with Crippen molar-refractivity contribution in [3.8, 4) is 17.7 Å². The molecule has 1 unspecified atom stereocenters. The Balaban J connectivity index is 2.17. The predicted octanol–water partition coefficient (Wildman–Crippen LogP) is 3.02. The van der Waals surface area contributed by atoms with Gasteiger partial charge >= 0.3 is 5.97 Å². The van der Waals surface area contributed by atoms with Crippen molar-refractivity contribution in [1.82, 2.24) is 4.98 Å². The van der Waals surface area contributed by atoms with Gasteiger partial charge in [-0.2, -0.15) is 5.26 Å². The average molecular weight is 282 g/mol. The Labute approximate surface area is 122 Å². The van der Waals surface area contributed by atoms with E-state index in [1.807, 2.05) is 6.07 Å². The lowest BCUT2D eigenvalue weighted by atomic mass is 10.0. The van der Waals surface area contributed by atoms with E-state index in [4.69, 9.17) is 14.7 Å². The molecule has 0 aliphatic heterocycles. The highest BCUT2D eigenvalue weighted by Gasteiger charge is 2.15. The second-order valence-corrected chi connectivity index (χ2v) is 4.38. The average Bonchev–Trinajstić information content (AvgIpc) is 2.54. The molecular formula is C16H14N2O3. The number of carbonyl (C=O) groups is 1. The first-order valence-corrected chi connectivity index (χ1v) is 6.36. The SMILES string of the molecule is COC(=O)C(C)c1ccc(Oc2ncccc2C#N)cc1. The topological polar surface area (TPSA) is 72.2 Å². The fraction of sp³-hybridized carbons (Fsp3) is 0.188. The minimum Gasteiger partial charge on any atom is -0.469 e. The Kier molecular flexibility index (Phi) is 4.52. The van der Waals surface area contributed by atoms with Crippen LogP contribution in [-0.2, 0) is 9.53 Å². The van der Waals surface area contributed by atoms with Gasteiger partial charge < -0.3 is 9.47 Å². The van der Waals surface area contributed by atoms with Crippen molar-refractivity contribution < 1.29 is 14.3 Å². The van der Waals surface area contributed by atoms with Crippen molar-refractivity contribution in [2.45, 2.75) is 12.8 Å². The smallest absolute Gasteiger partial charge is 0.312 e. The van der Waals surface area contributed by atoms with E-state index in [-0.39, 0.29) is 17.8 Å². The standard InChI is InChI=1S/C16H14N2O3/c1-11(16(19)20-2)12-5-7-14(8-6-12)21-15-13(10-17)4-3-9-18-15/h3-9,11H,1-2H3. The predicted molar refractivity (Wildman–Crippen MR) is 75.9 cm³/mol. The van der Waals surface area contributed by atoms with Crippen LogP contribution < -0.4 is 4.74 Å². The number of nitrogens with zero attached hydrogens (tertiary/aromatic N) is 2. The van der Waals surface area contributed by atoms with E-state index in [1.165, 1.54) is 7.11 Å². The van der Waals surface area contributed by atoms with Gasteiger partial charge in [0.15, 0.2) is 0 Å². The molecule has 1 atom stereocenters. The van der Waals surface area contributed by atoms with Gasteiger partial charge in [-0.05, 0) is 36.8 Å². The van der Waals surface area contributed by atoms with Gasteiger partial charge in [-0.1, -0.05) is 12.1 Å². The molecule has 0 aliphatic rings. The van der Waals surface area contributed by atoms with E-state index in [2.05, 4.69) is 4.98 Å². The van der Waals surface area contributed by atoms with E-state index in [0.717, 1.165) is 5.56 Å². The summed E-state index contributed by atoms with van der Waals surface area (Å²) >= 11 is 0. The first-order valence-electron chi connectivity index (χ1n) is 6.36. The fourth-order valence-electron chi connectivity index (χ4n) is 1.81. The first kappa shape index (κ1) is 14.5. The molecule has 1 aromatic heterocycles. The lowest BCUT2D eigenvalue weighted by Crippen LogP contribution is -2.10. The number of benzene rings is 1. The third kappa shape index (κ3) is 3.37. The van der Waals surface area contributed by atoms with Crippen molar-refractivity contribution in [3.63, 3.8) is 0 Å². The van der Waals surface area contributed by atoms with Crippen molar-refractivity contribution in [2.75, 3.05) is 7.11 Å². The van der Waals surface area contributed by atoms with E-state index in [0.29, 0.717) is 11.3 Å². The van der Waals surface area contributed by atoms with Crippen LogP contribution >= 0.6 is 0 Å². The summed E-state index contributed by atoms with van der Waals surface area (Å²) in [5, 5.41) is 8.98. The number of aromatic nitrogens is 1. The minimum absolute atomic E-state index is 0.258. The molecule has 0 saturated carbocycles. The largest absolute Gasteiger partial charge is 0.469 e. The molecule has 21 heavy (non-hydrogen) atoms. The van der Waals surface area contributed by atoms with Crippen LogP contribution in [0.25, 0.3) is 0 Å². The normalized spacial score (nSPS) is 11.3. The summed E-state index contributed by atoms with van der Waals surface area (Å²) < 4.78 is 10.3. The van der Waals surface area contributed by atoms with Gasteiger partial charge in [0.1, 0.15) is 17.4 Å². The Morgan fingerprint density at radius 3 is 2.62 bits per heavy atom. The molecule has 106 valence electrons. The van der Waals surface area contributed by atoms with E-state index < -0.39 is 0 Å². The minimum atomic E-state index is -0.339. The molecule has 0 saturated heterocycles. The molecule has 0 fully saturated rings. The van der Waals surface area contributed by atoms with Gasteiger partial charge in [0, 0.05) is 6.20 Å². The molecule has 0 amide bonds. The molecule has 1 aromatic carbocycles. The van der Waals surface area contributed by atoms with Gasteiger partial charge in [-0.3, -0.25) is 4.79 Å². The van der Waals surface area contributed by atoms with Crippen LogP contribution in [0.15, 0.2) is 42.6 Å². The molecule has 0 spiro atoms. The number of methoxy groups -OCH3 is 1. The van der Waals surface area contributed by atoms with Crippen LogP contribution in [0, 0.1) is 11.3 Å². The first-order chi connectivity index (χ1) is 10.2. The van der Waals surface area contributed by atoms with Crippen molar-refractivity contribution in [1.29, 1.82) is 5.26 Å². The zero-order chi connectivity index (χ0) is 15.2. The maximum absolute atomic E-state index is 11.5. The number of hydrogen-bond donors (Lipinski definition) is 0. The van der Waals surface area contributed by atoms with Crippen LogP contribution in [0.4, 0.5) is 0 Å². The second kappa shape index (κ2) is 6.53. The van der Waals surface area contributed by atoms with E-state index in [9.17, 15) is 4.79 Å². The lowest BCUT2D eigenvalue weighted by molar-refractivity contribution is -0.141. The van der Waals surface area contributed by atoms with Crippen molar-refractivity contribution in [2.24, 2.45) is 0 Å². The molecular weight excluding hydrogens is 268 g/mol. The molecule has 5 nitrogen and oxygen atoms in total. The Morgan fingerprint density at radius 1 is 1.29 bits per heavy atom. The number of hydrogen-bond acceptors (Lipinski definition) is 5. The summed E-state index contributed by atoms with van der Waals surface area (Å²) in [6.45, 7) is 1.77. The number of esters is 1. The Morgan fingerprint density at radius 2 is 2.00 bits per heavy atom. The third-order valence-corrected chi connectivity index (χ3v) is 3.04. The van der Waals surface area contributed by atoms with Gasteiger partial charge in [0.05, 0.1) is 13.0 Å². The molecule has 2 aromatic rings. The quantitative estimate of drug-likeness (QED) is 0.806. The molecule has 0 aliphatic carbocycles. The van der Waals surface area contributed by atoms with Crippen LogP contribution in [0.2, 0.25) is 0 Å². The number of ether oxygens (including phenoxy) is 2. The van der Waals surface area contributed by atoms with E-state index in [1.54, 1.807) is 49.5 Å². The third-order valence-electron chi connectivity index (χ3n) is 3.04. The van der Waals surface area contributed by atoms with Gasteiger partial charge in [0.2, 0.25) is 5.88 Å². The zero-order valence-electron chi connectivity index (χ0n) is 11.7. The van der Waals surface area contributed by atoms with Crippen LogP contribution in [-0.4, -0.2) is 18.1 Å². The van der Waals surface area contributed by atoms with Crippen molar-refractivity contribution >= 4 is 5.97 Å². The molecule has 1 heterocycles. The number of carbonyl (C=O) groups excluding carboxylic acids is 1. The monoisotopic (exact) mass is 282 g/mol. The Hall–Kier alpha value is -2.87. The molecule has 0 bridgehead atoms. The van der Waals surface area contributed by atoms with Crippen molar-refractivity contribution in [3.05, 3.63) is 53.7 Å². The number of rotatable bonds is 4. The lowest BCUT2D eigenvalue weighted by Gasteiger charge is -2.10. The van der Waals surface area contributed by atoms with Gasteiger partial charge in [-0.15, -0.1) is 0 Å². The summed E-state index contributed by atoms with van der Waals surface area (Å²) in [6.07, 6.45) is 1.56. The van der Waals surface area contributed by atoms with Gasteiger partial charge in [-0.25, -0.2) is 4.98 Å². The maximum atomic E-state index is 11.5. The highest BCUT2D eigenvalue weighted by atomic mass is 16.5. The van der Waals surface area contributed by atoms with E-state index >= 15 is 0 Å². The summed E-state index contributed by atoms with van der Waals surface area (Å²) in [4.78, 5) is 15.5. The number of nitriles is 1. The van der Waals surface area contributed by atoms with Gasteiger partial charge in [0.25, 0.3) is 0 Å². The highest BCUT2D eigenvalue weighted by molar-refractivity contribution is 5.77. The summed E-state index contributed by atoms with van der Waals surface area (Å²) in [7, 11) is 1.36. The fourth-order valence-corrected chi connectivity index (χ4v) is 1.81. The van der Waals surface area contributed by atoms with Crippen LogP contribution in [0.1, 0.15) is 24.0 Å². The molecule has 2 rings (SSSR count). The summed E-state index contributed by atoms with van der Waals surface area (Å²) in [5.41, 5.74) is 1.19.